The maximum absolute atomic E-state index is 13.4. The third-order valence-electron chi connectivity index (χ3n) is 1.75. The summed E-state index contributed by atoms with van der Waals surface area (Å²) >= 11 is 3.16. The van der Waals surface area contributed by atoms with E-state index in [1.807, 2.05) is 0 Å². The van der Waals surface area contributed by atoms with Crippen molar-refractivity contribution in [2.45, 2.75) is 6.92 Å². The molecule has 0 radical (unpaired) electrons. The average molecular weight is 291 g/mol. The van der Waals surface area contributed by atoms with E-state index in [0.717, 1.165) is 4.47 Å². The van der Waals surface area contributed by atoms with Crippen molar-refractivity contribution >= 4 is 27.7 Å². The molecule has 0 aliphatic rings. The van der Waals surface area contributed by atoms with E-state index in [-0.39, 0.29) is 12.2 Å². The molecule has 1 rings (SSSR count). The Labute approximate surface area is 100 Å². The molecule has 0 unspecified atom stereocenters. The predicted octanol–water partition coefficient (Wildman–Crippen LogP) is 3.62. The van der Waals surface area contributed by atoms with Gasteiger partial charge in [0.1, 0.15) is 0 Å². The fourth-order valence-electron chi connectivity index (χ4n) is 1.01. The summed E-state index contributed by atoms with van der Waals surface area (Å²) in [7, 11) is 0. The van der Waals surface area contributed by atoms with E-state index in [1.54, 1.807) is 12.1 Å². The summed E-state index contributed by atoms with van der Waals surface area (Å²) < 4.78 is 31.7. The summed E-state index contributed by atoms with van der Waals surface area (Å²) in [5.41, 5.74) is -0.00578. The standard InChI is InChI=1S/C11H9BrF2O2/c1-2-16-11(15)10(14)9(13)7-3-5-8(12)6-4-7/h3-6H,2H2,1H3. The monoisotopic (exact) mass is 290 g/mol. The molecule has 0 spiro atoms. The number of rotatable bonds is 3. The van der Waals surface area contributed by atoms with Gasteiger partial charge in [0.15, 0.2) is 5.83 Å². The van der Waals surface area contributed by atoms with Crippen LogP contribution >= 0.6 is 15.9 Å². The van der Waals surface area contributed by atoms with Crippen LogP contribution in [0.4, 0.5) is 8.78 Å². The highest BCUT2D eigenvalue weighted by molar-refractivity contribution is 9.10. The number of carbonyl (C=O) groups excluding carboxylic acids is 1. The lowest BCUT2D eigenvalue weighted by molar-refractivity contribution is -0.140. The maximum atomic E-state index is 13.4. The van der Waals surface area contributed by atoms with E-state index in [2.05, 4.69) is 20.7 Å². The van der Waals surface area contributed by atoms with Crippen molar-refractivity contribution in [2.75, 3.05) is 6.61 Å². The zero-order chi connectivity index (χ0) is 12.1. The minimum absolute atomic E-state index is 0.000128. The first-order chi connectivity index (χ1) is 7.56. The SMILES string of the molecule is CCOC(=O)C(F)=C(F)c1ccc(Br)cc1. The van der Waals surface area contributed by atoms with Crippen molar-refractivity contribution in [1.29, 1.82) is 0 Å². The number of hydrogen-bond acceptors (Lipinski definition) is 2. The zero-order valence-corrected chi connectivity index (χ0v) is 10.1. The lowest BCUT2D eigenvalue weighted by atomic mass is 10.2. The first-order valence-corrected chi connectivity index (χ1v) is 5.34. The van der Waals surface area contributed by atoms with E-state index in [4.69, 9.17) is 0 Å². The largest absolute Gasteiger partial charge is 0.461 e. The van der Waals surface area contributed by atoms with Crippen molar-refractivity contribution in [3.05, 3.63) is 40.1 Å². The van der Waals surface area contributed by atoms with Crippen LogP contribution in [0.1, 0.15) is 12.5 Å². The number of halogens is 3. The van der Waals surface area contributed by atoms with Gasteiger partial charge in [-0.2, -0.15) is 4.39 Å². The van der Waals surface area contributed by atoms with E-state index >= 15 is 0 Å². The fourth-order valence-corrected chi connectivity index (χ4v) is 1.27. The molecule has 86 valence electrons. The Hall–Kier alpha value is -1.23. The number of benzene rings is 1. The van der Waals surface area contributed by atoms with Gasteiger partial charge in [-0.05, 0) is 19.1 Å². The molecule has 16 heavy (non-hydrogen) atoms. The molecule has 0 heterocycles. The van der Waals surface area contributed by atoms with Gasteiger partial charge in [0.2, 0.25) is 5.83 Å². The topological polar surface area (TPSA) is 26.3 Å². The first kappa shape index (κ1) is 12.8. The predicted molar refractivity (Wildman–Crippen MR) is 59.9 cm³/mol. The molecule has 0 saturated heterocycles. The van der Waals surface area contributed by atoms with Crippen LogP contribution < -0.4 is 0 Å². The maximum Gasteiger partial charge on any atom is 0.370 e. The molecule has 0 N–H and O–H groups in total. The Bertz CT molecular complexity index is 412. The molecular weight excluding hydrogens is 282 g/mol. The van der Waals surface area contributed by atoms with Gasteiger partial charge in [-0.3, -0.25) is 0 Å². The summed E-state index contributed by atoms with van der Waals surface area (Å²) in [4.78, 5) is 10.9. The second-order valence-electron chi connectivity index (χ2n) is 2.86. The van der Waals surface area contributed by atoms with Gasteiger partial charge >= 0.3 is 5.97 Å². The Morgan fingerprint density at radius 2 is 1.88 bits per heavy atom. The molecular formula is C11H9BrF2O2. The van der Waals surface area contributed by atoms with Crippen molar-refractivity contribution in [3.63, 3.8) is 0 Å². The van der Waals surface area contributed by atoms with E-state index in [1.165, 1.54) is 19.1 Å². The molecule has 0 atom stereocenters. The molecule has 0 fully saturated rings. The van der Waals surface area contributed by atoms with Gasteiger partial charge in [-0.25, -0.2) is 9.18 Å². The Kier molecular flexibility index (Phi) is 4.61. The third kappa shape index (κ3) is 3.13. The van der Waals surface area contributed by atoms with Crippen LogP contribution in [0.2, 0.25) is 0 Å². The first-order valence-electron chi connectivity index (χ1n) is 4.54. The van der Waals surface area contributed by atoms with Crippen LogP contribution in [0, 0.1) is 0 Å². The lowest BCUT2D eigenvalue weighted by Gasteiger charge is -2.01. The average Bonchev–Trinajstić information content (AvgIpc) is 2.28. The van der Waals surface area contributed by atoms with Gasteiger partial charge in [0.25, 0.3) is 0 Å². The van der Waals surface area contributed by atoms with E-state index < -0.39 is 17.6 Å². The molecule has 1 aromatic carbocycles. The van der Waals surface area contributed by atoms with Crippen LogP contribution in [0.25, 0.3) is 5.83 Å². The molecule has 0 saturated carbocycles. The van der Waals surface area contributed by atoms with Crippen LogP contribution in [0.5, 0.6) is 0 Å². The molecule has 1 aromatic rings. The van der Waals surface area contributed by atoms with Crippen molar-refractivity contribution < 1.29 is 18.3 Å². The van der Waals surface area contributed by atoms with Crippen LogP contribution in [-0.4, -0.2) is 12.6 Å². The van der Waals surface area contributed by atoms with E-state index in [0.29, 0.717) is 0 Å². The van der Waals surface area contributed by atoms with Gasteiger partial charge in [-0.15, -0.1) is 0 Å². The summed E-state index contributed by atoms with van der Waals surface area (Å²) in [6.07, 6.45) is 0. The summed E-state index contributed by atoms with van der Waals surface area (Å²) in [5, 5.41) is 0. The molecule has 5 heteroatoms. The smallest absolute Gasteiger partial charge is 0.370 e. The van der Waals surface area contributed by atoms with Crippen molar-refractivity contribution in [3.8, 4) is 0 Å². The number of ether oxygens (including phenoxy) is 1. The molecule has 0 aromatic heterocycles. The summed E-state index contributed by atoms with van der Waals surface area (Å²) in [5.74, 6) is -4.02. The number of esters is 1. The minimum Gasteiger partial charge on any atom is -0.461 e. The van der Waals surface area contributed by atoms with Crippen molar-refractivity contribution in [2.24, 2.45) is 0 Å². The quantitative estimate of drug-likeness (QED) is 0.628. The highest BCUT2D eigenvalue weighted by atomic mass is 79.9. The van der Waals surface area contributed by atoms with Gasteiger partial charge in [0.05, 0.1) is 6.61 Å². The third-order valence-corrected chi connectivity index (χ3v) is 2.27. The number of hydrogen-bond donors (Lipinski definition) is 0. The minimum atomic E-state index is -1.51. The van der Waals surface area contributed by atoms with Crippen LogP contribution in [0.3, 0.4) is 0 Å². The van der Waals surface area contributed by atoms with Gasteiger partial charge in [-0.1, -0.05) is 28.1 Å². The lowest BCUT2D eigenvalue weighted by Crippen LogP contribution is -2.05. The van der Waals surface area contributed by atoms with Gasteiger partial charge < -0.3 is 4.74 Å². The van der Waals surface area contributed by atoms with Crippen molar-refractivity contribution in [1.82, 2.24) is 0 Å². The zero-order valence-electron chi connectivity index (χ0n) is 8.47. The second kappa shape index (κ2) is 5.75. The highest BCUT2D eigenvalue weighted by Crippen LogP contribution is 2.23. The molecule has 0 amide bonds. The van der Waals surface area contributed by atoms with Crippen LogP contribution in [-0.2, 0) is 9.53 Å². The molecule has 0 bridgehead atoms. The molecule has 0 aliphatic heterocycles. The molecule has 0 aliphatic carbocycles. The molecule has 2 nitrogen and oxygen atoms in total. The van der Waals surface area contributed by atoms with Crippen LogP contribution in [0.15, 0.2) is 34.6 Å². The Balaban J connectivity index is 2.99. The van der Waals surface area contributed by atoms with E-state index in [9.17, 15) is 13.6 Å². The summed E-state index contributed by atoms with van der Waals surface area (Å²) in [6.45, 7) is 1.52. The normalized spacial score (nSPS) is 12.0. The fraction of sp³-hybridized carbons (Fsp3) is 0.182. The Morgan fingerprint density at radius 1 is 1.31 bits per heavy atom. The Morgan fingerprint density at radius 3 is 2.38 bits per heavy atom. The van der Waals surface area contributed by atoms with Gasteiger partial charge in [0, 0.05) is 10.0 Å². The second-order valence-corrected chi connectivity index (χ2v) is 3.77. The highest BCUT2D eigenvalue weighted by Gasteiger charge is 2.17. The number of carbonyl (C=O) groups is 1. The summed E-state index contributed by atoms with van der Waals surface area (Å²) in [6, 6.07) is 5.82.